The Morgan fingerprint density at radius 1 is 1.26 bits per heavy atom. The van der Waals surface area contributed by atoms with Crippen molar-refractivity contribution in [3.05, 3.63) is 28.8 Å². The molecule has 0 bridgehead atoms. The summed E-state index contributed by atoms with van der Waals surface area (Å²) in [5, 5.41) is 0.921. The summed E-state index contributed by atoms with van der Waals surface area (Å²) >= 11 is 1.61. The lowest BCUT2D eigenvalue weighted by atomic mass is 10.2. The normalized spacial score (nSPS) is 12.3. The van der Waals surface area contributed by atoms with E-state index >= 15 is 0 Å². The number of benzene rings is 1. The Kier molecular flexibility index (Phi) is 4.07. The zero-order valence-corrected chi connectivity index (χ0v) is 12.4. The molecule has 0 amide bonds. The van der Waals surface area contributed by atoms with E-state index < -0.39 is 0 Å². The first-order valence-electron chi connectivity index (χ1n) is 6.02. The van der Waals surface area contributed by atoms with Crippen molar-refractivity contribution in [2.24, 2.45) is 5.73 Å². The van der Waals surface area contributed by atoms with Crippen LogP contribution in [0, 0.1) is 6.92 Å². The Bertz CT molecular complexity index is 579. The summed E-state index contributed by atoms with van der Waals surface area (Å²) in [5.74, 6) is 1.52. The van der Waals surface area contributed by atoms with Gasteiger partial charge in [0.05, 0.1) is 25.5 Å². The molecule has 0 aliphatic rings. The Hall–Kier alpha value is -1.59. The number of methoxy groups -OCH3 is 2. The second-order valence-corrected chi connectivity index (χ2v) is 5.35. The lowest BCUT2D eigenvalue weighted by molar-refractivity contribution is 0.395. The second kappa shape index (κ2) is 5.59. The predicted molar refractivity (Wildman–Crippen MR) is 78.0 cm³/mol. The van der Waals surface area contributed by atoms with E-state index in [4.69, 9.17) is 15.2 Å². The van der Waals surface area contributed by atoms with Crippen LogP contribution >= 0.6 is 11.3 Å². The fraction of sp³-hybridized carbons (Fsp3) is 0.357. The van der Waals surface area contributed by atoms with E-state index in [1.807, 2.05) is 32.0 Å². The standard InChI is InChI=1S/C14H18N2O2S/c1-8(15)13-9(2)16-14(19-13)11-6-5-10(17-3)7-12(11)18-4/h5-8H,15H2,1-4H3. The number of hydrogen-bond acceptors (Lipinski definition) is 5. The van der Waals surface area contributed by atoms with Gasteiger partial charge in [-0.2, -0.15) is 0 Å². The van der Waals surface area contributed by atoms with Gasteiger partial charge in [0, 0.05) is 17.0 Å². The topological polar surface area (TPSA) is 57.4 Å². The highest BCUT2D eigenvalue weighted by molar-refractivity contribution is 7.15. The van der Waals surface area contributed by atoms with Gasteiger partial charge in [-0.3, -0.25) is 0 Å². The van der Waals surface area contributed by atoms with E-state index in [0.29, 0.717) is 0 Å². The van der Waals surface area contributed by atoms with Crippen LogP contribution in [0.3, 0.4) is 0 Å². The zero-order valence-electron chi connectivity index (χ0n) is 11.6. The molecule has 4 nitrogen and oxygen atoms in total. The molecule has 102 valence electrons. The minimum Gasteiger partial charge on any atom is -0.497 e. The van der Waals surface area contributed by atoms with Crippen molar-refractivity contribution in [1.29, 1.82) is 0 Å². The van der Waals surface area contributed by atoms with Gasteiger partial charge in [0.25, 0.3) is 0 Å². The van der Waals surface area contributed by atoms with Gasteiger partial charge >= 0.3 is 0 Å². The van der Waals surface area contributed by atoms with Gasteiger partial charge in [0.2, 0.25) is 0 Å². The van der Waals surface area contributed by atoms with Crippen LogP contribution in [-0.2, 0) is 0 Å². The molecular formula is C14H18N2O2S. The molecule has 0 aliphatic heterocycles. The lowest BCUT2D eigenvalue weighted by Crippen LogP contribution is -2.03. The molecule has 0 fully saturated rings. The molecule has 1 unspecified atom stereocenters. The van der Waals surface area contributed by atoms with Crippen LogP contribution in [-0.4, -0.2) is 19.2 Å². The molecule has 0 saturated heterocycles. The molecule has 0 spiro atoms. The third-order valence-electron chi connectivity index (χ3n) is 2.89. The summed E-state index contributed by atoms with van der Waals surface area (Å²) in [6, 6.07) is 5.72. The van der Waals surface area contributed by atoms with Crippen LogP contribution in [0.2, 0.25) is 0 Å². The first-order chi connectivity index (χ1) is 9.06. The van der Waals surface area contributed by atoms with E-state index in [0.717, 1.165) is 32.6 Å². The molecule has 1 heterocycles. The largest absolute Gasteiger partial charge is 0.497 e. The van der Waals surface area contributed by atoms with Gasteiger partial charge in [0.15, 0.2) is 0 Å². The minimum atomic E-state index is -0.00417. The predicted octanol–water partition coefficient (Wildman–Crippen LogP) is 3.16. The third kappa shape index (κ3) is 2.72. The van der Waals surface area contributed by atoms with Crippen LogP contribution in [0.1, 0.15) is 23.5 Å². The second-order valence-electron chi connectivity index (χ2n) is 4.32. The van der Waals surface area contributed by atoms with Crippen LogP contribution in [0.25, 0.3) is 10.6 Å². The number of nitrogens with two attached hydrogens (primary N) is 1. The van der Waals surface area contributed by atoms with E-state index in [-0.39, 0.29) is 6.04 Å². The molecule has 1 aromatic carbocycles. The summed E-state index contributed by atoms with van der Waals surface area (Å²) in [6.07, 6.45) is 0. The number of rotatable bonds is 4. The van der Waals surface area contributed by atoms with Gasteiger partial charge in [-0.25, -0.2) is 4.98 Å². The summed E-state index contributed by atoms with van der Waals surface area (Å²) < 4.78 is 10.6. The molecule has 1 aromatic heterocycles. The smallest absolute Gasteiger partial charge is 0.132 e. The first kappa shape index (κ1) is 13.8. The van der Waals surface area contributed by atoms with E-state index in [1.54, 1.807) is 25.6 Å². The number of aryl methyl sites for hydroxylation is 1. The van der Waals surface area contributed by atoms with Gasteiger partial charge in [-0.15, -0.1) is 11.3 Å². The van der Waals surface area contributed by atoms with Crippen molar-refractivity contribution in [2.75, 3.05) is 14.2 Å². The molecule has 0 radical (unpaired) electrons. The SMILES string of the molecule is COc1ccc(-c2nc(C)c(C(C)N)s2)c(OC)c1. The molecule has 2 N–H and O–H groups in total. The summed E-state index contributed by atoms with van der Waals surface area (Å²) in [4.78, 5) is 5.69. The Morgan fingerprint density at radius 3 is 2.53 bits per heavy atom. The van der Waals surface area contributed by atoms with E-state index in [1.165, 1.54) is 0 Å². The zero-order chi connectivity index (χ0) is 14.0. The van der Waals surface area contributed by atoms with E-state index in [2.05, 4.69) is 4.98 Å². The van der Waals surface area contributed by atoms with Crippen molar-refractivity contribution in [1.82, 2.24) is 4.98 Å². The average molecular weight is 278 g/mol. The van der Waals surface area contributed by atoms with Gasteiger partial charge in [0.1, 0.15) is 16.5 Å². The molecule has 1 atom stereocenters. The molecular weight excluding hydrogens is 260 g/mol. The maximum atomic E-state index is 5.94. The summed E-state index contributed by atoms with van der Waals surface area (Å²) in [7, 11) is 3.28. The highest BCUT2D eigenvalue weighted by Crippen LogP contribution is 2.37. The molecule has 19 heavy (non-hydrogen) atoms. The monoisotopic (exact) mass is 278 g/mol. The van der Waals surface area contributed by atoms with Gasteiger partial charge < -0.3 is 15.2 Å². The van der Waals surface area contributed by atoms with Gasteiger partial charge in [-0.05, 0) is 26.0 Å². The highest BCUT2D eigenvalue weighted by Gasteiger charge is 2.15. The molecule has 0 saturated carbocycles. The van der Waals surface area contributed by atoms with Crippen LogP contribution < -0.4 is 15.2 Å². The minimum absolute atomic E-state index is 0.00417. The number of hydrogen-bond donors (Lipinski definition) is 1. The van der Waals surface area contributed by atoms with Crippen molar-refractivity contribution < 1.29 is 9.47 Å². The van der Waals surface area contributed by atoms with Crippen molar-refractivity contribution in [3.63, 3.8) is 0 Å². The highest BCUT2D eigenvalue weighted by atomic mass is 32.1. The van der Waals surface area contributed by atoms with Crippen LogP contribution in [0.15, 0.2) is 18.2 Å². The maximum absolute atomic E-state index is 5.94. The van der Waals surface area contributed by atoms with Crippen molar-refractivity contribution in [2.45, 2.75) is 19.9 Å². The Labute approximate surface area is 117 Å². The first-order valence-corrected chi connectivity index (χ1v) is 6.83. The van der Waals surface area contributed by atoms with E-state index in [9.17, 15) is 0 Å². The number of ether oxygens (including phenoxy) is 2. The van der Waals surface area contributed by atoms with Crippen molar-refractivity contribution >= 4 is 11.3 Å². The fourth-order valence-corrected chi connectivity index (χ4v) is 2.97. The number of aromatic nitrogens is 1. The van der Waals surface area contributed by atoms with Gasteiger partial charge in [-0.1, -0.05) is 0 Å². The van der Waals surface area contributed by atoms with Crippen molar-refractivity contribution in [3.8, 4) is 22.1 Å². The average Bonchev–Trinajstić information content (AvgIpc) is 2.80. The molecule has 0 aliphatic carbocycles. The molecule has 2 aromatic rings. The lowest BCUT2D eigenvalue weighted by Gasteiger charge is -2.08. The number of nitrogens with zero attached hydrogens (tertiary/aromatic N) is 1. The fourth-order valence-electron chi connectivity index (χ4n) is 1.92. The quantitative estimate of drug-likeness (QED) is 0.933. The molecule has 5 heteroatoms. The Morgan fingerprint density at radius 2 is 2.00 bits per heavy atom. The summed E-state index contributed by atoms with van der Waals surface area (Å²) in [6.45, 7) is 3.95. The maximum Gasteiger partial charge on any atom is 0.132 e. The molecule has 2 rings (SSSR count). The third-order valence-corrected chi connectivity index (χ3v) is 4.28. The van der Waals surface area contributed by atoms with Crippen LogP contribution in [0.4, 0.5) is 0 Å². The summed E-state index contributed by atoms with van der Waals surface area (Å²) in [5.41, 5.74) is 7.88. The number of thiazole rings is 1. The van der Waals surface area contributed by atoms with Crippen LogP contribution in [0.5, 0.6) is 11.5 Å². The Balaban J connectivity index is 2.49.